The molecule has 0 bridgehead atoms. The van der Waals surface area contributed by atoms with Crippen LogP contribution in [0.5, 0.6) is 0 Å². The summed E-state index contributed by atoms with van der Waals surface area (Å²) in [4.78, 5) is 0. The van der Waals surface area contributed by atoms with Crippen LogP contribution < -0.4 is 0 Å². The Morgan fingerprint density at radius 1 is 2.00 bits per heavy atom. The first-order valence-electron chi connectivity index (χ1n) is 0.832. The molecule has 5 heavy (non-hydrogen) atoms. The molecule has 0 spiro atoms. The van der Waals surface area contributed by atoms with E-state index in [0.29, 0.717) is 0 Å². The Labute approximate surface area is 41.4 Å². The molecule has 28 valence electrons. The monoisotopic (exact) mass is 128 g/mol. The average Bonchev–Trinajstić information content (AvgIpc) is 1.38. The third kappa shape index (κ3) is 4.93. The Bertz CT molecular complexity index is 38.6. The summed E-state index contributed by atoms with van der Waals surface area (Å²) in [5, 5.41) is 0. The van der Waals surface area contributed by atoms with Crippen LogP contribution >= 0.6 is 30.8 Å². The van der Waals surface area contributed by atoms with Crippen molar-refractivity contribution in [2.45, 2.75) is 0 Å². The second-order valence-electron chi connectivity index (χ2n) is 0.364. The summed E-state index contributed by atoms with van der Waals surface area (Å²) < 4.78 is 11.1. The maximum atomic E-state index is 11.1. The molecule has 0 aromatic rings. The fourth-order valence-corrected chi connectivity index (χ4v) is 0. The molecule has 0 aliphatic carbocycles. The van der Waals surface area contributed by atoms with Crippen molar-refractivity contribution in [2.24, 2.45) is 0 Å². The second-order valence-corrected chi connectivity index (χ2v) is 2.69. The van der Waals surface area contributed by atoms with E-state index in [1.165, 1.54) is 0 Å². The minimum atomic E-state index is -1.94. The van der Waals surface area contributed by atoms with Crippen molar-refractivity contribution in [3.05, 3.63) is 0 Å². The summed E-state index contributed by atoms with van der Waals surface area (Å²) in [6.07, 6.45) is 0. The SMILES string of the molecule is FP(Cl)B=S. The third-order valence-electron chi connectivity index (χ3n) is 0.0797. The van der Waals surface area contributed by atoms with Crippen molar-refractivity contribution < 1.29 is 4.20 Å². The van der Waals surface area contributed by atoms with Crippen molar-refractivity contribution in [2.75, 3.05) is 0 Å². The van der Waals surface area contributed by atoms with Crippen LogP contribution in [-0.4, -0.2) is 5.87 Å². The molecule has 0 saturated carbocycles. The summed E-state index contributed by atoms with van der Waals surface area (Å²) in [6.45, 7) is 0. The number of halogens is 2. The van der Waals surface area contributed by atoms with E-state index in [9.17, 15) is 4.20 Å². The molecule has 0 aromatic heterocycles. The number of hydrogen-bond acceptors (Lipinski definition) is 1. The van der Waals surface area contributed by atoms with E-state index < -0.39 is 7.46 Å². The predicted molar refractivity (Wildman–Crippen MR) is 27.2 cm³/mol. The molecular formula is BClFPS. The first-order valence-corrected chi connectivity index (χ1v) is 3.51. The van der Waals surface area contributed by atoms with E-state index in [0.717, 1.165) is 5.87 Å². The summed E-state index contributed by atoms with van der Waals surface area (Å²) in [5.74, 6) is 0.914. The van der Waals surface area contributed by atoms with Gasteiger partial charge < -0.3 is 0 Å². The summed E-state index contributed by atoms with van der Waals surface area (Å²) >= 11 is 8.77. The average molecular weight is 128 g/mol. The molecule has 1 unspecified atom stereocenters. The molecule has 0 amide bonds. The summed E-state index contributed by atoms with van der Waals surface area (Å²) in [6, 6.07) is 0. The van der Waals surface area contributed by atoms with Crippen molar-refractivity contribution in [3.63, 3.8) is 0 Å². The van der Waals surface area contributed by atoms with Gasteiger partial charge in [0, 0.05) is 0 Å². The molecule has 5 heteroatoms. The van der Waals surface area contributed by atoms with Crippen LogP contribution in [-0.2, 0) is 0 Å². The third-order valence-corrected chi connectivity index (χ3v) is 1.43. The fraction of sp³-hybridized carbons (Fsp3) is 0. The van der Waals surface area contributed by atoms with Crippen LogP contribution in [0.2, 0.25) is 0 Å². The van der Waals surface area contributed by atoms with E-state index in [1.54, 1.807) is 0 Å². The van der Waals surface area contributed by atoms with Crippen molar-refractivity contribution in [1.82, 2.24) is 0 Å². The molecule has 0 aliphatic rings. The molecule has 0 fully saturated rings. The van der Waals surface area contributed by atoms with Gasteiger partial charge in [0.05, 0.1) is 0 Å². The van der Waals surface area contributed by atoms with Crippen LogP contribution in [0.25, 0.3) is 0 Å². The van der Waals surface area contributed by atoms with Gasteiger partial charge in [0.15, 0.2) is 0 Å². The fourth-order valence-electron chi connectivity index (χ4n) is 0. The summed E-state index contributed by atoms with van der Waals surface area (Å²) in [5.41, 5.74) is 0. The molecule has 1 atom stereocenters. The molecule has 0 N–H and O–H groups in total. The molecule has 0 aliphatic heterocycles. The second kappa shape index (κ2) is 3.14. The van der Waals surface area contributed by atoms with E-state index in [-0.39, 0.29) is 0 Å². The zero-order valence-corrected chi connectivity index (χ0v) is 4.66. The molecule has 0 nitrogen and oxygen atoms in total. The first-order chi connectivity index (χ1) is 2.27. The number of hydrogen-bond donors (Lipinski definition) is 0. The van der Waals surface area contributed by atoms with Crippen molar-refractivity contribution in [1.29, 1.82) is 0 Å². The van der Waals surface area contributed by atoms with Gasteiger partial charge in [-0.15, -0.1) is 0 Å². The predicted octanol–water partition coefficient (Wildman–Crippen LogP) is 2.24. The molecular weight excluding hydrogens is 128 g/mol. The van der Waals surface area contributed by atoms with Gasteiger partial charge in [-0.25, -0.2) is 0 Å². The van der Waals surface area contributed by atoms with E-state index >= 15 is 0 Å². The Morgan fingerprint density at radius 2 is 2.20 bits per heavy atom. The van der Waals surface area contributed by atoms with Crippen LogP contribution in [0.1, 0.15) is 0 Å². The minimum absolute atomic E-state index is 0.914. The molecule has 0 rings (SSSR count). The normalized spacial score (nSPS) is 13.2. The van der Waals surface area contributed by atoms with Gasteiger partial charge in [0.2, 0.25) is 0 Å². The van der Waals surface area contributed by atoms with Crippen LogP contribution in [0, 0.1) is 0 Å². The van der Waals surface area contributed by atoms with Gasteiger partial charge in [0.25, 0.3) is 0 Å². The maximum absolute atomic E-state index is 11.1. The zero-order chi connectivity index (χ0) is 4.28. The number of rotatable bonds is 1. The Kier molecular flexibility index (Phi) is 3.72. The quantitative estimate of drug-likeness (QED) is 0.385. The van der Waals surface area contributed by atoms with E-state index in [2.05, 4.69) is 12.1 Å². The Hall–Kier alpha value is 0.935. The zero-order valence-electron chi connectivity index (χ0n) is 2.19. The van der Waals surface area contributed by atoms with Crippen LogP contribution in [0.15, 0.2) is 0 Å². The van der Waals surface area contributed by atoms with Crippen LogP contribution in [0.3, 0.4) is 0 Å². The first kappa shape index (κ1) is 5.93. The Morgan fingerprint density at radius 3 is 2.20 bits per heavy atom. The van der Waals surface area contributed by atoms with E-state index in [1.807, 2.05) is 0 Å². The van der Waals surface area contributed by atoms with Gasteiger partial charge in [-0.2, -0.15) is 0 Å². The van der Waals surface area contributed by atoms with Gasteiger partial charge in [-0.05, 0) is 0 Å². The molecule has 0 aromatic carbocycles. The molecule has 0 radical (unpaired) electrons. The van der Waals surface area contributed by atoms with Gasteiger partial charge in [-0.3, -0.25) is 0 Å². The summed E-state index contributed by atoms with van der Waals surface area (Å²) in [7, 11) is -1.94. The van der Waals surface area contributed by atoms with Crippen LogP contribution in [0.4, 0.5) is 4.20 Å². The van der Waals surface area contributed by atoms with Gasteiger partial charge >= 0.3 is 40.8 Å². The molecule has 0 saturated heterocycles. The van der Waals surface area contributed by atoms with Crippen molar-refractivity contribution in [3.8, 4) is 0 Å². The topological polar surface area (TPSA) is 0 Å². The van der Waals surface area contributed by atoms with E-state index in [4.69, 9.17) is 11.2 Å². The Balaban J connectivity index is 2.83. The molecule has 0 heterocycles. The van der Waals surface area contributed by atoms with Crippen molar-refractivity contribution >= 4 is 36.6 Å². The van der Waals surface area contributed by atoms with Gasteiger partial charge in [0.1, 0.15) is 0 Å². The standard InChI is InChI=1S/BClFPS/c2-4(3)1-5. The van der Waals surface area contributed by atoms with Gasteiger partial charge in [-0.1, -0.05) is 0 Å².